The average Bonchev–Trinajstić information content (AvgIpc) is 2.53. The molecule has 0 aliphatic heterocycles. The molecule has 0 bridgehead atoms. The van der Waals surface area contributed by atoms with Crippen molar-refractivity contribution in [3.8, 4) is 5.75 Å². The van der Waals surface area contributed by atoms with Crippen LogP contribution in [-0.4, -0.2) is 16.1 Å². The summed E-state index contributed by atoms with van der Waals surface area (Å²) in [6, 6.07) is 8.98. The van der Waals surface area contributed by atoms with Crippen LogP contribution in [0.5, 0.6) is 5.75 Å². The van der Waals surface area contributed by atoms with Gasteiger partial charge in [0.15, 0.2) is 6.10 Å². The fourth-order valence-corrected chi connectivity index (χ4v) is 1.76. The van der Waals surface area contributed by atoms with E-state index in [-0.39, 0.29) is 18.1 Å². The summed E-state index contributed by atoms with van der Waals surface area (Å²) in [6.45, 7) is 1.42. The van der Waals surface area contributed by atoms with Gasteiger partial charge in [-0.25, -0.2) is 0 Å². The lowest BCUT2D eigenvalue weighted by molar-refractivity contribution is -0.531. The molecule has 0 saturated carbocycles. The Kier molecular flexibility index (Phi) is 4.90. The highest BCUT2D eigenvalue weighted by Crippen LogP contribution is 2.19. The lowest BCUT2D eigenvalue weighted by atomic mass is 10.1. The second-order valence-electron chi connectivity index (χ2n) is 4.76. The number of aliphatic hydroxyl groups excluding tert-OH is 1. The highest BCUT2D eigenvalue weighted by molar-refractivity contribution is 5.20. The van der Waals surface area contributed by atoms with Crippen molar-refractivity contribution in [2.24, 2.45) is 0 Å². The van der Waals surface area contributed by atoms with Crippen LogP contribution in [0.15, 0.2) is 51.9 Å². The van der Waals surface area contributed by atoms with Gasteiger partial charge in [-0.2, -0.15) is 0 Å². The molecule has 1 aromatic carbocycles. The lowest BCUT2D eigenvalue weighted by Crippen LogP contribution is -2.24. The van der Waals surface area contributed by atoms with Crippen molar-refractivity contribution in [1.29, 1.82) is 0 Å². The van der Waals surface area contributed by atoms with E-state index in [1.54, 1.807) is 0 Å². The minimum absolute atomic E-state index is 0.0199. The van der Waals surface area contributed by atoms with Crippen LogP contribution in [0.3, 0.4) is 0 Å². The highest BCUT2D eigenvalue weighted by Gasteiger charge is 2.28. The first-order chi connectivity index (χ1) is 10.5. The number of hydrogen-bond donors (Lipinski definition) is 1. The topological polar surface area (TPSA) is 103 Å². The number of nitro groups is 1. The van der Waals surface area contributed by atoms with Crippen LogP contribution in [0.2, 0.25) is 0 Å². The molecular weight excluding hydrogens is 290 g/mol. The fraction of sp³-hybridized carbons (Fsp3) is 0.267. The van der Waals surface area contributed by atoms with Gasteiger partial charge in [0.1, 0.15) is 18.6 Å². The maximum atomic E-state index is 11.9. The second kappa shape index (κ2) is 6.86. The SMILES string of the molecule is C[C@@H]([C@H](O)c1cc(=O)c(OCc2ccccc2)co1)[N+](=O)[O-]. The first kappa shape index (κ1) is 15.7. The molecule has 0 fully saturated rings. The largest absolute Gasteiger partial charge is 0.482 e. The summed E-state index contributed by atoms with van der Waals surface area (Å²) in [5.74, 6) is -0.185. The third-order valence-corrected chi connectivity index (χ3v) is 3.14. The fourth-order valence-electron chi connectivity index (χ4n) is 1.76. The molecule has 1 aromatic heterocycles. The molecule has 1 N–H and O–H groups in total. The molecule has 0 aliphatic carbocycles. The Balaban J connectivity index is 2.10. The Labute approximate surface area is 125 Å². The van der Waals surface area contributed by atoms with Crippen molar-refractivity contribution in [3.63, 3.8) is 0 Å². The van der Waals surface area contributed by atoms with E-state index in [4.69, 9.17) is 9.15 Å². The van der Waals surface area contributed by atoms with Gasteiger partial charge in [-0.15, -0.1) is 0 Å². The summed E-state index contributed by atoms with van der Waals surface area (Å²) in [4.78, 5) is 21.9. The van der Waals surface area contributed by atoms with Gasteiger partial charge in [0, 0.05) is 17.9 Å². The summed E-state index contributed by atoms with van der Waals surface area (Å²) in [6.07, 6.45) is -0.442. The van der Waals surface area contributed by atoms with Gasteiger partial charge in [0.05, 0.1) is 0 Å². The van der Waals surface area contributed by atoms with Crippen LogP contribution in [-0.2, 0) is 6.61 Å². The molecule has 22 heavy (non-hydrogen) atoms. The molecule has 0 amide bonds. The Morgan fingerprint density at radius 3 is 2.64 bits per heavy atom. The molecule has 7 nitrogen and oxygen atoms in total. The van der Waals surface area contributed by atoms with Crippen molar-refractivity contribution >= 4 is 0 Å². The summed E-state index contributed by atoms with van der Waals surface area (Å²) in [7, 11) is 0. The number of nitrogens with zero attached hydrogens (tertiary/aromatic N) is 1. The first-order valence-corrected chi connectivity index (χ1v) is 6.60. The van der Waals surface area contributed by atoms with E-state index >= 15 is 0 Å². The normalized spacial score (nSPS) is 13.4. The van der Waals surface area contributed by atoms with E-state index < -0.39 is 22.5 Å². The summed E-state index contributed by atoms with van der Waals surface area (Å²) < 4.78 is 10.4. The Morgan fingerprint density at radius 2 is 2.05 bits per heavy atom. The van der Waals surface area contributed by atoms with Crippen LogP contribution in [0.25, 0.3) is 0 Å². The van der Waals surface area contributed by atoms with Gasteiger partial charge in [0.2, 0.25) is 17.2 Å². The number of benzene rings is 1. The van der Waals surface area contributed by atoms with Gasteiger partial charge < -0.3 is 14.3 Å². The molecule has 0 spiro atoms. The summed E-state index contributed by atoms with van der Waals surface area (Å²) in [5.41, 5.74) is 0.375. The standard InChI is InChI=1S/C15H15NO6/c1-10(16(19)20)15(18)13-7-12(17)14(9-22-13)21-8-11-5-3-2-4-6-11/h2-7,9-10,15,18H,8H2,1H3/t10-,15-/m0/s1. The summed E-state index contributed by atoms with van der Waals surface area (Å²) in [5, 5.41) is 20.4. The van der Waals surface area contributed by atoms with Crippen molar-refractivity contribution in [2.75, 3.05) is 0 Å². The highest BCUT2D eigenvalue weighted by atomic mass is 16.6. The zero-order valence-corrected chi connectivity index (χ0v) is 11.8. The quantitative estimate of drug-likeness (QED) is 0.646. The first-order valence-electron chi connectivity index (χ1n) is 6.60. The number of ether oxygens (including phenoxy) is 1. The van der Waals surface area contributed by atoms with Crippen molar-refractivity contribution < 1.29 is 19.2 Å². The predicted octanol–water partition coefficient (Wildman–Crippen LogP) is 1.92. The lowest BCUT2D eigenvalue weighted by Gasteiger charge is -2.11. The van der Waals surface area contributed by atoms with Crippen molar-refractivity contribution in [3.05, 3.63) is 74.3 Å². The Morgan fingerprint density at radius 1 is 1.36 bits per heavy atom. The average molecular weight is 305 g/mol. The predicted molar refractivity (Wildman–Crippen MR) is 77.2 cm³/mol. The van der Waals surface area contributed by atoms with E-state index in [0.717, 1.165) is 17.9 Å². The molecule has 7 heteroatoms. The monoisotopic (exact) mass is 305 g/mol. The van der Waals surface area contributed by atoms with Gasteiger partial charge in [-0.1, -0.05) is 30.3 Å². The maximum Gasteiger partial charge on any atom is 0.243 e. The minimum atomic E-state index is -1.49. The van der Waals surface area contributed by atoms with Gasteiger partial charge in [-0.3, -0.25) is 14.9 Å². The van der Waals surface area contributed by atoms with E-state index in [0.29, 0.717) is 0 Å². The Bertz CT molecular complexity index is 697. The molecule has 0 unspecified atom stereocenters. The van der Waals surface area contributed by atoms with Crippen LogP contribution in [0.1, 0.15) is 24.4 Å². The number of rotatable bonds is 6. The van der Waals surface area contributed by atoms with Gasteiger partial charge in [0.25, 0.3) is 0 Å². The van der Waals surface area contributed by atoms with Gasteiger partial charge in [-0.05, 0) is 5.56 Å². The molecule has 2 aromatic rings. The van der Waals surface area contributed by atoms with Crippen LogP contribution in [0, 0.1) is 10.1 Å². The molecule has 2 atom stereocenters. The summed E-state index contributed by atoms with van der Waals surface area (Å²) >= 11 is 0. The van der Waals surface area contributed by atoms with Crippen molar-refractivity contribution in [2.45, 2.75) is 25.7 Å². The van der Waals surface area contributed by atoms with Crippen molar-refractivity contribution in [1.82, 2.24) is 0 Å². The van der Waals surface area contributed by atoms with Gasteiger partial charge >= 0.3 is 0 Å². The molecule has 2 rings (SSSR count). The molecular formula is C15H15NO6. The minimum Gasteiger partial charge on any atom is -0.482 e. The van der Waals surface area contributed by atoms with Crippen LogP contribution in [0.4, 0.5) is 0 Å². The molecule has 0 saturated heterocycles. The van der Waals surface area contributed by atoms with E-state index in [1.807, 2.05) is 30.3 Å². The molecule has 116 valence electrons. The van der Waals surface area contributed by atoms with E-state index in [9.17, 15) is 20.0 Å². The van der Waals surface area contributed by atoms with Crippen LogP contribution < -0.4 is 10.2 Å². The van der Waals surface area contributed by atoms with E-state index in [1.165, 1.54) is 6.92 Å². The van der Waals surface area contributed by atoms with E-state index in [2.05, 4.69) is 0 Å². The zero-order chi connectivity index (χ0) is 16.1. The molecule has 0 radical (unpaired) electrons. The number of aliphatic hydroxyl groups is 1. The third kappa shape index (κ3) is 3.70. The molecule has 1 heterocycles. The third-order valence-electron chi connectivity index (χ3n) is 3.14. The smallest absolute Gasteiger partial charge is 0.243 e. The molecule has 0 aliphatic rings. The number of hydrogen-bond acceptors (Lipinski definition) is 6. The second-order valence-corrected chi connectivity index (χ2v) is 4.76. The maximum absolute atomic E-state index is 11.9. The zero-order valence-electron chi connectivity index (χ0n) is 11.8. The van der Waals surface area contributed by atoms with Crippen LogP contribution >= 0.6 is 0 Å². The Hall–Kier alpha value is -2.67.